The first-order valence-corrected chi connectivity index (χ1v) is 11.4. The predicted molar refractivity (Wildman–Crippen MR) is 118 cm³/mol. The van der Waals surface area contributed by atoms with Crippen molar-refractivity contribution in [3.05, 3.63) is 24.2 Å². The lowest BCUT2D eigenvalue weighted by molar-refractivity contribution is -0.131. The third-order valence-electron chi connectivity index (χ3n) is 5.64. The van der Waals surface area contributed by atoms with Gasteiger partial charge in [-0.05, 0) is 38.3 Å². The molecule has 30 heavy (non-hydrogen) atoms. The van der Waals surface area contributed by atoms with Gasteiger partial charge < -0.3 is 24.3 Å². The summed E-state index contributed by atoms with van der Waals surface area (Å²) < 4.78 is 10.9. The van der Waals surface area contributed by atoms with Gasteiger partial charge in [0.2, 0.25) is 5.91 Å². The highest BCUT2D eigenvalue weighted by atomic mass is 16.5. The molecule has 0 spiro atoms. The molecule has 2 saturated heterocycles. The van der Waals surface area contributed by atoms with Gasteiger partial charge in [-0.15, -0.1) is 0 Å². The molecule has 1 aromatic rings. The molecule has 2 aliphatic rings. The first-order chi connectivity index (χ1) is 14.8. The molecular weight excluding hydrogens is 382 g/mol. The number of amides is 1. The van der Waals surface area contributed by atoms with Crippen LogP contribution >= 0.6 is 0 Å². The second-order valence-electron chi connectivity index (χ2n) is 7.86. The van der Waals surface area contributed by atoms with Gasteiger partial charge in [-0.25, -0.2) is 0 Å². The van der Waals surface area contributed by atoms with Crippen LogP contribution in [0.3, 0.4) is 0 Å². The van der Waals surface area contributed by atoms with Crippen LogP contribution in [0, 0.1) is 0 Å². The molecule has 0 aliphatic carbocycles. The Morgan fingerprint density at radius 3 is 2.67 bits per heavy atom. The zero-order chi connectivity index (χ0) is 21.0. The molecule has 0 atom stereocenters. The summed E-state index contributed by atoms with van der Waals surface area (Å²) in [7, 11) is 0. The van der Waals surface area contributed by atoms with Crippen LogP contribution in [0.1, 0.15) is 31.9 Å². The minimum absolute atomic E-state index is 0.280. The number of ether oxygens (including phenoxy) is 1. The molecule has 3 heterocycles. The van der Waals surface area contributed by atoms with E-state index in [0.717, 1.165) is 103 Å². The maximum absolute atomic E-state index is 12.4. The standard InChI is InChI=1S/C22H37N5O3/c1-2-29-17-6-9-23-22(24-10-8-20-7-5-18-30-20)27-15-13-25(14-16-27)19-21(28)26-11-3-4-12-26/h5,7,18H,2-4,6,8-17,19H2,1H3,(H,23,24). The number of likely N-dealkylation sites (tertiary alicyclic amines) is 1. The lowest BCUT2D eigenvalue weighted by Gasteiger charge is -2.36. The molecule has 0 radical (unpaired) electrons. The van der Waals surface area contributed by atoms with Gasteiger partial charge in [-0.2, -0.15) is 0 Å². The Labute approximate surface area is 180 Å². The summed E-state index contributed by atoms with van der Waals surface area (Å²) in [6.45, 7) is 11.0. The predicted octanol–water partition coefficient (Wildman–Crippen LogP) is 1.43. The van der Waals surface area contributed by atoms with E-state index in [1.807, 2.05) is 24.0 Å². The van der Waals surface area contributed by atoms with E-state index in [2.05, 4.69) is 15.1 Å². The van der Waals surface area contributed by atoms with Gasteiger partial charge in [-0.1, -0.05) is 0 Å². The lowest BCUT2D eigenvalue weighted by Crippen LogP contribution is -2.54. The highest BCUT2D eigenvalue weighted by Gasteiger charge is 2.24. The van der Waals surface area contributed by atoms with E-state index >= 15 is 0 Å². The topological polar surface area (TPSA) is 73.5 Å². The quantitative estimate of drug-likeness (QED) is 0.351. The number of rotatable bonds is 10. The van der Waals surface area contributed by atoms with Crippen molar-refractivity contribution in [3.63, 3.8) is 0 Å². The van der Waals surface area contributed by atoms with E-state index in [0.29, 0.717) is 6.54 Å². The fraction of sp³-hybridized carbons (Fsp3) is 0.727. The maximum atomic E-state index is 12.4. The van der Waals surface area contributed by atoms with E-state index in [4.69, 9.17) is 14.1 Å². The molecule has 0 saturated carbocycles. The van der Waals surface area contributed by atoms with Gasteiger partial charge in [0.25, 0.3) is 0 Å². The molecule has 1 aromatic heterocycles. The molecule has 2 aliphatic heterocycles. The summed E-state index contributed by atoms with van der Waals surface area (Å²) in [6, 6.07) is 3.91. The summed E-state index contributed by atoms with van der Waals surface area (Å²) in [6.07, 6.45) is 5.75. The number of hydrogen-bond donors (Lipinski definition) is 1. The SMILES string of the molecule is CCOCCCN=C(NCCc1ccco1)N1CCN(CC(=O)N2CCCC2)CC1. The molecule has 3 rings (SSSR count). The molecule has 8 nitrogen and oxygen atoms in total. The summed E-state index contributed by atoms with van der Waals surface area (Å²) in [4.78, 5) is 23.8. The van der Waals surface area contributed by atoms with Gasteiger partial charge in [-0.3, -0.25) is 14.7 Å². The smallest absolute Gasteiger partial charge is 0.236 e. The van der Waals surface area contributed by atoms with Crippen LogP contribution in [-0.2, 0) is 16.0 Å². The van der Waals surface area contributed by atoms with Crippen LogP contribution in [0.15, 0.2) is 27.8 Å². The van der Waals surface area contributed by atoms with Crippen molar-refractivity contribution in [1.29, 1.82) is 0 Å². The monoisotopic (exact) mass is 419 g/mol. The van der Waals surface area contributed by atoms with Gasteiger partial charge >= 0.3 is 0 Å². The van der Waals surface area contributed by atoms with E-state index in [1.54, 1.807) is 6.26 Å². The Morgan fingerprint density at radius 2 is 1.97 bits per heavy atom. The van der Waals surface area contributed by atoms with Crippen molar-refractivity contribution in [2.75, 3.05) is 72.1 Å². The Kier molecular flexibility index (Phi) is 9.50. The number of furan rings is 1. The molecule has 8 heteroatoms. The van der Waals surface area contributed by atoms with Crippen molar-refractivity contribution in [1.82, 2.24) is 20.0 Å². The first-order valence-electron chi connectivity index (χ1n) is 11.4. The fourth-order valence-corrected chi connectivity index (χ4v) is 3.89. The maximum Gasteiger partial charge on any atom is 0.236 e. The van der Waals surface area contributed by atoms with E-state index in [-0.39, 0.29) is 5.91 Å². The normalized spacial score (nSPS) is 18.2. The van der Waals surface area contributed by atoms with Gasteiger partial charge in [0.05, 0.1) is 12.8 Å². The number of aliphatic imine (C=N–C) groups is 1. The highest BCUT2D eigenvalue weighted by Crippen LogP contribution is 2.10. The van der Waals surface area contributed by atoms with E-state index in [9.17, 15) is 4.79 Å². The third kappa shape index (κ3) is 7.32. The number of hydrogen-bond acceptors (Lipinski definition) is 5. The average molecular weight is 420 g/mol. The number of carbonyl (C=O) groups excluding carboxylic acids is 1. The molecule has 0 unspecified atom stereocenters. The van der Waals surface area contributed by atoms with Gasteiger partial charge in [0.15, 0.2) is 5.96 Å². The minimum Gasteiger partial charge on any atom is -0.469 e. The van der Waals surface area contributed by atoms with Crippen LogP contribution in [0.25, 0.3) is 0 Å². The minimum atomic E-state index is 0.280. The van der Waals surface area contributed by atoms with Crippen LogP contribution in [0.4, 0.5) is 0 Å². The van der Waals surface area contributed by atoms with Crippen molar-refractivity contribution in [3.8, 4) is 0 Å². The third-order valence-corrected chi connectivity index (χ3v) is 5.64. The summed E-state index contributed by atoms with van der Waals surface area (Å²) in [5.74, 6) is 2.20. The van der Waals surface area contributed by atoms with Gasteiger partial charge in [0.1, 0.15) is 5.76 Å². The average Bonchev–Trinajstić information content (AvgIpc) is 3.47. The van der Waals surface area contributed by atoms with Crippen LogP contribution in [-0.4, -0.2) is 98.7 Å². The number of carbonyl (C=O) groups is 1. The lowest BCUT2D eigenvalue weighted by atomic mass is 10.3. The molecule has 0 aromatic carbocycles. The first kappa shape index (κ1) is 22.6. The molecule has 168 valence electrons. The number of piperazine rings is 1. The molecule has 0 bridgehead atoms. The number of nitrogens with one attached hydrogen (secondary N) is 1. The fourth-order valence-electron chi connectivity index (χ4n) is 3.89. The van der Waals surface area contributed by atoms with Crippen molar-refractivity contribution < 1.29 is 13.9 Å². The van der Waals surface area contributed by atoms with E-state index < -0.39 is 0 Å². The van der Waals surface area contributed by atoms with Crippen LogP contribution in [0.2, 0.25) is 0 Å². The largest absolute Gasteiger partial charge is 0.469 e. The highest BCUT2D eigenvalue weighted by molar-refractivity contribution is 5.80. The number of nitrogens with zero attached hydrogens (tertiary/aromatic N) is 4. The zero-order valence-corrected chi connectivity index (χ0v) is 18.4. The summed E-state index contributed by atoms with van der Waals surface area (Å²) in [5, 5.41) is 3.50. The van der Waals surface area contributed by atoms with Gasteiger partial charge in [0, 0.05) is 72.0 Å². The Balaban J connectivity index is 1.45. The Bertz CT molecular complexity index is 635. The van der Waals surface area contributed by atoms with Crippen molar-refractivity contribution >= 4 is 11.9 Å². The Morgan fingerprint density at radius 1 is 1.17 bits per heavy atom. The van der Waals surface area contributed by atoms with Crippen LogP contribution < -0.4 is 5.32 Å². The molecule has 1 N–H and O–H groups in total. The van der Waals surface area contributed by atoms with Crippen molar-refractivity contribution in [2.24, 2.45) is 4.99 Å². The molecule has 1 amide bonds. The second kappa shape index (κ2) is 12.6. The zero-order valence-electron chi connectivity index (χ0n) is 18.4. The van der Waals surface area contributed by atoms with E-state index in [1.165, 1.54) is 0 Å². The molecular formula is C22H37N5O3. The van der Waals surface area contributed by atoms with Crippen molar-refractivity contribution in [2.45, 2.75) is 32.6 Å². The summed E-state index contributed by atoms with van der Waals surface area (Å²) >= 11 is 0. The Hall–Kier alpha value is -2.06. The second-order valence-corrected chi connectivity index (χ2v) is 7.86. The van der Waals surface area contributed by atoms with Crippen LogP contribution in [0.5, 0.6) is 0 Å². The summed E-state index contributed by atoms with van der Waals surface area (Å²) in [5.41, 5.74) is 0. The number of guanidine groups is 1. The molecule has 2 fully saturated rings.